The minimum Gasteiger partial charge on any atom is -0.342 e. The second-order valence-corrected chi connectivity index (χ2v) is 5.67. The lowest BCUT2D eigenvalue weighted by Gasteiger charge is -2.34. The summed E-state index contributed by atoms with van der Waals surface area (Å²) < 4.78 is 0. The average molecular weight is 227 g/mol. The predicted molar refractivity (Wildman–Crippen MR) is 66.4 cm³/mol. The van der Waals surface area contributed by atoms with Crippen molar-refractivity contribution >= 4 is 5.91 Å². The van der Waals surface area contributed by atoms with E-state index in [1.54, 1.807) is 0 Å². The van der Waals surface area contributed by atoms with E-state index in [0.29, 0.717) is 12.3 Å². The highest BCUT2D eigenvalue weighted by Gasteiger charge is 2.24. The van der Waals surface area contributed by atoms with Crippen LogP contribution in [0.15, 0.2) is 0 Å². The maximum absolute atomic E-state index is 11.9. The summed E-state index contributed by atoms with van der Waals surface area (Å²) >= 11 is 0. The van der Waals surface area contributed by atoms with E-state index in [0.717, 1.165) is 31.5 Å². The van der Waals surface area contributed by atoms with Crippen LogP contribution < -0.4 is 4.90 Å². The Bertz CT molecular complexity index is 218. The fourth-order valence-corrected chi connectivity index (χ4v) is 2.33. The van der Waals surface area contributed by atoms with Gasteiger partial charge in [0.2, 0.25) is 5.91 Å². The van der Waals surface area contributed by atoms with E-state index in [9.17, 15) is 4.79 Å². The van der Waals surface area contributed by atoms with E-state index in [-0.39, 0.29) is 0 Å². The smallest absolute Gasteiger partial charge is 0.228 e. The summed E-state index contributed by atoms with van der Waals surface area (Å²) in [5.74, 6) is 1.94. The summed E-state index contributed by atoms with van der Waals surface area (Å²) in [4.78, 5) is 15.3. The summed E-state index contributed by atoms with van der Waals surface area (Å²) in [6.45, 7) is 7.48. The number of nitrogens with one attached hydrogen (secondary N) is 1. The van der Waals surface area contributed by atoms with E-state index in [1.165, 1.54) is 17.7 Å². The lowest BCUT2D eigenvalue weighted by atomic mass is 9.86. The zero-order chi connectivity index (χ0) is 12.1. The number of nitrogens with zero attached hydrogens (tertiary/aromatic N) is 1. The van der Waals surface area contributed by atoms with Crippen LogP contribution in [0.1, 0.15) is 33.1 Å². The summed E-state index contributed by atoms with van der Waals surface area (Å²) in [5, 5.41) is 0. The van der Waals surface area contributed by atoms with Gasteiger partial charge >= 0.3 is 0 Å². The molecule has 16 heavy (non-hydrogen) atoms. The Morgan fingerprint density at radius 1 is 1.31 bits per heavy atom. The molecule has 0 bridgehead atoms. The number of carbonyl (C=O) groups excluding carboxylic acids is 1. The Labute approximate surface area is 99.8 Å². The van der Waals surface area contributed by atoms with Crippen LogP contribution in [-0.2, 0) is 4.79 Å². The van der Waals surface area contributed by atoms with Gasteiger partial charge in [0.25, 0.3) is 0 Å². The molecule has 1 saturated heterocycles. The molecule has 0 aliphatic carbocycles. The van der Waals surface area contributed by atoms with Gasteiger partial charge in [-0.2, -0.15) is 0 Å². The molecule has 0 aromatic heterocycles. The number of carbonyl (C=O) groups is 1. The summed E-state index contributed by atoms with van der Waals surface area (Å²) in [6.07, 6.45) is 3.09. The molecule has 0 aromatic carbocycles. The van der Waals surface area contributed by atoms with E-state index in [1.807, 2.05) is 0 Å². The van der Waals surface area contributed by atoms with Crippen molar-refractivity contribution in [3.05, 3.63) is 0 Å². The third kappa shape index (κ3) is 4.12. The second kappa shape index (κ2) is 6.24. The summed E-state index contributed by atoms with van der Waals surface area (Å²) in [7, 11) is 4.19. The first-order valence-corrected chi connectivity index (χ1v) is 6.57. The van der Waals surface area contributed by atoms with Gasteiger partial charge in [0.05, 0.1) is 27.1 Å². The molecule has 1 fully saturated rings. The van der Waals surface area contributed by atoms with Gasteiger partial charge in [0.15, 0.2) is 0 Å². The van der Waals surface area contributed by atoms with Crippen LogP contribution in [0, 0.1) is 11.8 Å². The second-order valence-electron chi connectivity index (χ2n) is 5.67. The highest BCUT2D eigenvalue weighted by atomic mass is 16.2. The fourth-order valence-electron chi connectivity index (χ4n) is 2.33. The highest BCUT2D eigenvalue weighted by molar-refractivity contribution is 5.76. The normalized spacial score (nSPS) is 18.5. The molecular weight excluding hydrogens is 200 g/mol. The minimum atomic E-state index is 0.350. The molecule has 1 heterocycles. The zero-order valence-electron chi connectivity index (χ0n) is 11.3. The van der Waals surface area contributed by atoms with Crippen LogP contribution in [-0.4, -0.2) is 44.5 Å². The molecule has 0 saturated carbocycles. The molecule has 1 rings (SSSR count). The first-order valence-electron chi connectivity index (χ1n) is 6.57. The lowest BCUT2D eigenvalue weighted by molar-refractivity contribution is -0.857. The number of rotatable bonds is 4. The van der Waals surface area contributed by atoms with Crippen molar-refractivity contribution in [2.45, 2.75) is 33.1 Å². The van der Waals surface area contributed by atoms with Gasteiger partial charge in [-0.1, -0.05) is 13.8 Å². The SMILES string of the molecule is CC(C)C1CCN(C(=O)CC[NH+](C)C)CC1. The van der Waals surface area contributed by atoms with E-state index >= 15 is 0 Å². The molecule has 3 nitrogen and oxygen atoms in total. The molecule has 0 aromatic rings. The molecule has 3 heteroatoms. The third-order valence-electron chi connectivity index (χ3n) is 3.67. The van der Waals surface area contributed by atoms with Crippen molar-refractivity contribution in [3.63, 3.8) is 0 Å². The summed E-state index contributed by atoms with van der Waals surface area (Å²) in [5.41, 5.74) is 0. The predicted octanol–water partition coefficient (Wildman–Crippen LogP) is 0.416. The molecule has 94 valence electrons. The largest absolute Gasteiger partial charge is 0.342 e. The van der Waals surface area contributed by atoms with Crippen molar-refractivity contribution in [2.24, 2.45) is 11.8 Å². The highest BCUT2D eigenvalue weighted by Crippen LogP contribution is 2.24. The van der Waals surface area contributed by atoms with Crippen LogP contribution in [0.5, 0.6) is 0 Å². The Balaban J connectivity index is 2.27. The number of likely N-dealkylation sites (tertiary alicyclic amines) is 1. The Morgan fingerprint density at radius 3 is 2.31 bits per heavy atom. The average Bonchev–Trinajstić information content (AvgIpc) is 2.26. The molecule has 1 aliphatic heterocycles. The molecular formula is C13H27N2O+. The summed E-state index contributed by atoms with van der Waals surface area (Å²) in [6, 6.07) is 0. The molecule has 0 unspecified atom stereocenters. The van der Waals surface area contributed by atoms with Crippen LogP contribution in [0.4, 0.5) is 0 Å². The molecule has 1 N–H and O–H groups in total. The van der Waals surface area contributed by atoms with Crippen molar-refractivity contribution in [1.82, 2.24) is 4.90 Å². The number of amides is 1. The van der Waals surface area contributed by atoms with Gasteiger partial charge in [0, 0.05) is 13.1 Å². The topological polar surface area (TPSA) is 24.8 Å². The van der Waals surface area contributed by atoms with Gasteiger partial charge in [-0.25, -0.2) is 0 Å². The van der Waals surface area contributed by atoms with Crippen molar-refractivity contribution in [3.8, 4) is 0 Å². The first kappa shape index (κ1) is 13.5. The Hall–Kier alpha value is -0.570. The maximum Gasteiger partial charge on any atom is 0.228 e. The lowest BCUT2D eigenvalue weighted by Crippen LogP contribution is -3.05. The van der Waals surface area contributed by atoms with Crippen LogP contribution in [0.25, 0.3) is 0 Å². The monoisotopic (exact) mass is 227 g/mol. The van der Waals surface area contributed by atoms with E-state index < -0.39 is 0 Å². The maximum atomic E-state index is 11.9. The van der Waals surface area contributed by atoms with Crippen molar-refractivity contribution in [2.75, 3.05) is 33.7 Å². The quantitative estimate of drug-likeness (QED) is 0.739. The zero-order valence-corrected chi connectivity index (χ0v) is 11.3. The van der Waals surface area contributed by atoms with Gasteiger partial charge in [-0.05, 0) is 24.7 Å². The van der Waals surface area contributed by atoms with Gasteiger partial charge in [0.1, 0.15) is 0 Å². The van der Waals surface area contributed by atoms with Crippen LogP contribution in [0.3, 0.4) is 0 Å². The third-order valence-corrected chi connectivity index (χ3v) is 3.67. The van der Waals surface area contributed by atoms with Gasteiger partial charge < -0.3 is 9.80 Å². The standard InChI is InChI=1S/C13H26N2O/c1-11(2)12-5-9-15(10-6-12)13(16)7-8-14(3)4/h11-12H,5-10H2,1-4H3/p+1. The Morgan fingerprint density at radius 2 is 1.88 bits per heavy atom. The number of hydrogen-bond acceptors (Lipinski definition) is 1. The molecule has 0 spiro atoms. The Kier molecular flexibility index (Phi) is 5.26. The van der Waals surface area contributed by atoms with Crippen molar-refractivity contribution < 1.29 is 9.69 Å². The van der Waals surface area contributed by atoms with E-state index in [4.69, 9.17) is 0 Å². The van der Waals surface area contributed by atoms with Gasteiger partial charge in [-0.3, -0.25) is 4.79 Å². The van der Waals surface area contributed by atoms with E-state index in [2.05, 4.69) is 32.8 Å². The molecule has 0 atom stereocenters. The fraction of sp³-hybridized carbons (Fsp3) is 0.923. The van der Waals surface area contributed by atoms with Crippen LogP contribution >= 0.6 is 0 Å². The number of hydrogen-bond donors (Lipinski definition) is 1. The molecule has 1 amide bonds. The minimum absolute atomic E-state index is 0.350. The van der Waals surface area contributed by atoms with Crippen molar-refractivity contribution in [1.29, 1.82) is 0 Å². The van der Waals surface area contributed by atoms with Gasteiger partial charge in [-0.15, -0.1) is 0 Å². The number of piperidine rings is 1. The molecule has 1 aliphatic rings. The molecule has 0 radical (unpaired) electrons. The van der Waals surface area contributed by atoms with Crippen LogP contribution in [0.2, 0.25) is 0 Å². The first-order chi connectivity index (χ1) is 7.50. The number of quaternary nitrogens is 1.